The van der Waals surface area contributed by atoms with E-state index in [0.29, 0.717) is 5.92 Å². The van der Waals surface area contributed by atoms with Crippen molar-refractivity contribution in [3.05, 3.63) is 0 Å². The van der Waals surface area contributed by atoms with E-state index in [1.165, 1.54) is 0 Å². The molecule has 0 saturated carbocycles. The van der Waals surface area contributed by atoms with Crippen molar-refractivity contribution in [2.45, 2.75) is 37.8 Å². The number of hydrogen-bond acceptors (Lipinski definition) is 4. The summed E-state index contributed by atoms with van der Waals surface area (Å²) in [6.45, 7) is 2.12. The molecule has 4 nitrogen and oxygen atoms in total. The zero-order valence-corrected chi connectivity index (χ0v) is 6.73. The third-order valence-corrected chi connectivity index (χ3v) is 2.98. The molecule has 4 heteroatoms. The highest BCUT2D eigenvalue weighted by molar-refractivity contribution is 5.63. The molecule has 0 amide bonds. The first-order valence-electron chi connectivity index (χ1n) is 4.28. The maximum Gasteiger partial charge on any atom is 0.509 e. The average Bonchev–Trinajstić information content (AvgIpc) is 2.57. The van der Waals surface area contributed by atoms with Crippen LogP contribution in [-0.4, -0.2) is 30.6 Å². The van der Waals surface area contributed by atoms with Gasteiger partial charge in [-0.15, -0.1) is 0 Å². The summed E-state index contributed by atoms with van der Waals surface area (Å²) in [5, 5.41) is 0. The fraction of sp³-hybridized carbons (Fsp3) is 0.875. The van der Waals surface area contributed by atoms with E-state index in [-0.39, 0.29) is 24.4 Å². The third kappa shape index (κ3) is 0.641. The Morgan fingerprint density at radius 2 is 2.00 bits per heavy atom. The van der Waals surface area contributed by atoms with Gasteiger partial charge in [0, 0.05) is 0 Å². The lowest BCUT2D eigenvalue weighted by atomic mass is 9.87. The van der Waals surface area contributed by atoms with E-state index in [0.717, 1.165) is 6.42 Å². The second-order valence-electron chi connectivity index (χ2n) is 3.77. The molecule has 3 heterocycles. The van der Waals surface area contributed by atoms with Crippen molar-refractivity contribution in [3.63, 3.8) is 0 Å². The SMILES string of the molecule is CC1CC2OC1C1OC(=O)OC21. The summed E-state index contributed by atoms with van der Waals surface area (Å²) in [6.07, 6.45) is 0.359. The Hall–Kier alpha value is -0.770. The molecule has 0 radical (unpaired) electrons. The number of carbonyl (C=O) groups excluding carboxylic acids is 1. The summed E-state index contributed by atoms with van der Waals surface area (Å²) in [5.74, 6) is 0.491. The molecule has 0 aromatic heterocycles. The topological polar surface area (TPSA) is 44.8 Å². The lowest BCUT2D eigenvalue weighted by molar-refractivity contribution is 0.0108. The summed E-state index contributed by atoms with van der Waals surface area (Å²) in [6, 6.07) is 0. The molecule has 66 valence electrons. The first kappa shape index (κ1) is 6.71. The summed E-state index contributed by atoms with van der Waals surface area (Å²) in [5.41, 5.74) is 0. The Morgan fingerprint density at radius 1 is 1.25 bits per heavy atom. The minimum absolute atomic E-state index is 0.0754. The van der Waals surface area contributed by atoms with Crippen LogP contribution in [0.25, 0.3) is 0 Å². The number of ether oxygens (including phenoxy) is 3. The van der Waals surface area contributed by atoms with E-state index in [4.69, 9.17) is 14.2 Å². The van der Waals surface area contributed by atoms with Crippen LogP contribution >= 0.6 is 0 Å². The Bertz CT molecular complexity index is 239. The van der Waals surface area contributed by atoms with E-state index in [1.54, 1.807) is 0 Å². The van der Waals surface area contributed by atoms with Gasteiger partial charge in [0.15, 0.2) is 12.2 Å². The smallest absolute Gasteiger partial charge is 0.424 e. The fourth-order valence-electron chi connectivity index (χ4n) is 2.43. The predicted octanol–water partition coefficient (Wildman–Crippen LogP) is 0.698. The minimum atomic E-state index is -0.530. The van der Waals surface area contributed by atoms with Gasteiger partial charge in [0.25, 0.3) is 0 Å². The van der Waals surface area contributed by atoms with Gasteiger partial charge >= 0.3 is 6.16 Å². The van der Waals surface area contributed by atoms with Crippen LogP contribution in [0.4, 0.5) is 4.79 Å². The van der Waals surface area contributed by atoms with Gasteiger partial charge in [-0.3, -0.25) is 0 Å². The standard InChI is InChI=1S/C8H10O4/c1-3-2-4-6-7(5(3)10-4)12-8(9)11-6/h3-7H,2H2,1H3. The number of hydrogen-bond donors (Lipinski definition) is 0. The molecule has 5 unspecified atom stereocenters. The van der Waals surface area contributed by atoms with Crippen LogP contribution in [0.5, 0.6) is 0 Å². The van der Waals surface area contributed by atoms with E-state index in [9.17, 15) is 4.79 Å². The van der Waals surface area contributed by atoms with Gasteiger partial charge in [0.1, 0.15) is 6.10 Å². The molecule has 5 atom stereocenters. The van der Waals surface area contributed by atoms with Crippen molar-refractivity contribution >= 4 is 6.16 Å². The average molecular weight is 170 g/mol. The molecule has 2 bridgehead atoms. The summed E-state index contributed by atoms with van der Waals surface area (Å²) < 4.78 is 15.6. The van der Waals surface area contributed by atoms with Crippen molar-refractivity contribution < 1.29 is 19.0 Å². The maximum absolute atomic E-state index is 10.8. The van der Waals surface area contributed by atoms with Crippen LogP contribution in [0.15, 0.2) is 0 Å². The van der Waals surface area contributed by atoms with Gasteiger partial charge in [-0.25, -0.2) is 4.79 Å². The molecule has 3 saturated heterocycles. The molecule has 3 aliphatic rings. The molecular weight excluding hydrogens is 160 g/mol. The molecule has 12 heavy (non-hydrogen) atoms. The predicted molar refractivity (Wildman–Crippen MR) is 37.6 cm³/mol. The highest BCUT2D eigenvalue weighted by Gasteiger charge is 2.60. The highest BCUT2D eigenvalue weighted by Crippen LogP contribution is 2.44. The number of rotatable bonds is 0. The highest BCUT2D eigenvalue weighted by atomic mass is 16.8. The zero-order valence-electron chi connectivity index (χ0n) is 6.73. The van der Waals surface area contributed by atoms with Crippen LogP contribution in [0.3, 0.4) is 0 Å². The Labute approximate surface area is 69.8 Å². The fourth-order valence-corrected chi connectivity index (χ4v) is 2.43. The van der Waals surface area contributed by atoms with Crippen LogP contribution in [0, 0.1) is 5.92 Å². The van der Waals surface area contributed by atoms with Gasteiger partial charge in [0.05, 0.1) is 6.10 Å². The molecule has 0 N–H and O–H groups in total. The third-order valence-electron chi connectivity index (χ3n) is 2.98. The quantitative estimate of drug-likeness (QED) is 0.502. The zero-order chi connectivity index (χ0) is 8.29. The molecular formula is C8H10O4. The summed E-state index contributed by atoms with van der Waals surface area (Å²) >= 11 is 0. The largest absolute Gasteiger partial charge is 0.509 e. The van der Waals surface area contributed by atoms with Crippen molar-refractivity contribution in [1.29, 1.82) is 0 Å². The van der Waals surface area contributed by atoms with Gasteiger partial charge < -0.3 is 14.2 Å². The first-order chi connectivity index (χ1) is 5.75. The first-order valence-corrected chi connectivity index (χ1v) is 4.28. The van der Waals surface area contributed by atoms with Crippen LogP contribution in [-0.2, 0) is 14.2 Å². The normalized spacial score (nSPS) is 55.1. The lowest BCUT2D eigenvalue weighted by Gasteiger charge is -2.20. The van der Waals surface area contributed by atoms with E-state index in [1.807, 2.05) is 0 Å². The molecule has 3 aliphatic heterocycles. The van der Waals surface area contributed by atoms with Crippen molar-refractivity contribution in [1.82, 2.24) is 0 Å². The Kier molecular flexibility index (Phi) is 1.08. The lowest BCUT2D eigenvalue weighted by Crippen LogP contribution is -2.38. The van der Waals surface area contributed by atoms with Crippen LogP contribution in [0.2, 0.25) is 0 Å². The second-order valence-corrected chi connectivity index (χ2v) is 3.77. The molecule has 3 fully saturated rings. The van der Waals surface area contributed by atoms with E-state index >= 15 is 0 Å². The van der Waals surface area contributed by atoms with Crippen LogP contribution in [0.1, 0.15) is 13.3 Å². The Balaban J connectivity index is 1.90. The van der Waals surface area contributed by atoms with Crippen molar-refractivity contribution in [3.8, 4) is 0 Å². The van der Waals surface area contributed by atoms with Crippen molar-refractivity contribution in [2.75, 3.05) is 0 Å². The molecule has 0 aromatic rings. The minimum Gasteiger partial charge on any atom is -0.424 e. The molecule has 0 aliphatic carbocycles. The monoisotopic (exact) mass is 170 g/mol. The molecule has 0 spiro atoms. The van der Waals surface area contributed by atoms with E-state index < -0.39 is 6.16 Å². The van der Waals surface area contributed by atoms with Gasteiger partial charge in [-0.2, -0.15) is 0 Å². The second kappa shape index (κ2) is 1.93. The number of fused-ring (bicyclic) bond motifs is 5. The van der Waals surface area contributed by atoms with Gasteiger partial charge in [-0.1, -0.05) is 6.92 Å². The van der Waals surface area contributed by atoms with Gasteiger partial charge in [0.2, 0.25) is 0 Å². The maximum atomic E-state index is 10.8. The van der Waals surface area contributed by atoms with E-state index in [2.05, 4.69) is 6.92 Å². The van der Waals surface area contributed by atoms with Crippen molar-refractivity contribution in [2.24, 2.45) is 5.92 Å². The molecule has 3 rings (SSSR count). The number of carbonyl (C=O) groups is 1. The van der Waals surface area contributed by atoms with Crippen LogP contribution < -0.4 is 0 Å². The summed E-state index contributed by atoms with van der Waals surface area (Å²) in [7, 11) is 0. The summed E-state index contributed by atoms with van der Waals surface area (Å²) in [4.78, 5) is 10.8. The van der Waals surface area contributed by atoms with Gasteiger partial charge in [-0.05, 0) is 12.3 Å². The Morgan fingerprint density at radius 3 is 2.83 bits per heavy atom. The molecule has 0 aromatic carbocycles.